The number of benzene rings is 1. The lowest BCUT2D eigenvalue weighted by Crippen LogP contribution is -2.34. The zero-order valence-electron chi connectivity index (χ0n) is 13.1. The van der Waals surface area contributed by atoms with Gasteiger partial charge in [0.15, 0.2) is 5.11 Å². The Morgan fingerprint density at radius 3 is 2.55 bits per heavy atom. The standard InChI is InChI=1S/C16H23N3O2S/c1-3-4-5-6-11-14(20)19-16(22)18-13-10-8-7-9-12(13)15(21)17-2/h7-10H,3-6,11H2,1-2H3,(H,17,21)(H2,18,19,20,22). The number of thiocarbonyl (C=S) groups is 1. The first kappa shape index (κ1) is 18.1. The first-order valence-corrected chi connectivity index (χ1v) is 7.91. The number of hydrogen-bond acceptors (Lipinski definition) is 3. The van der Waals surface area contributed by atoms with Gasteiger partial charge in [0.1, 0.15) is 0 Å². The molecule has 5 nitrogen and oxygen atoms in total. The third-order valence-corrected chi connectivity index (χ3v) is 3.36. The van der Waals surface area contributed by atoms with Crippen LogP contribution in [0.4, 0.5) is 5.69 Å². The number of unbranched alkanes of at least 4 members (excludes halogenated alkanes) is 3. The van der Waals surface area contributed by atoms with Crippen LogP contribution in [0.1, 0.15) is 49.4 Å². The fourth-order valence-corrected chi connectivity index (χ4v) is 2.20. The first-order chi connectivity index (χ1) is 10.6. The van der Waals surface area contributed by atoms with E-state index >= 15 is 0 Å². The molecule has 1 rings (SSSR count). The maximum atomic E-state index is 11.8. The molecule has 0 aromatic heterocycles. The molecule has 0 atom stereocenters. The smallest absolute Gasteiger partial charge is 0.253 e. The van der Waals surface area contributed by atoms with Crippen molar-refractivity contribution in [2.24, 2.45) is 0 Å². The van der Waals surface area contributed by atoms with Crippen molar-refractivity contribution in [2.45, 2.75) is 39.0 Å². The molecule has 0 unspecified atom stereocenters. The monoisotopic (exact) mass is 321 g/mol. The topological polar surface area (TPSA) is 70.2 Å². The third-order valence-electron chi connectivity index (χ3n) is 3.16. The third kappa shape index (κ3) is 6.22. The van der Waals surface area contributed by atoms with E-state index in [9.17, 15) is 9.59 Å². The maximum Gasteiger partial charge on any atom is 0.253 e. The number of amides is 2. The van der Waals surface area contributed by atoms with Crippen molar-refractivity contribution < 1.29 is 9.59 Å². The van der Waals surface area contributed by atoms with Crippen LogP contribution in [0.2, 0.25) is 0 Å². The molecule has 0 radical (unpaired) electrons. The lowest BCUT2D eigenvalue weighted by molar-refractivity contribution is -0.119. The zero-order valence-corrected chi connectivity index (χ0v) is 13.9. The predicted octanol–water partition coefficient (Wildman–Crippen LogP) is 2.83. The molecule has 0 aliphatic carbocycles. The van der Waals surface area contributed by atoms with E-state index in [-0.39, 0.29) is 16.9 Å². The predicted molar refractivity (Wildman–Crippen MR) is 93.0 cm³/mol. The van der Waals surface area contributed by atoms with Crippen LogP contribution in [0, 0.1) is 0 Å². The number of hydrogen-bond donors (Lipinski definition) is 3. The van der Waals surface area contributed by atoms with Gasteiger partial charge in [0.25, 0.3) is 5.91 Å². The van der Waals surface area contributed by atoms with E-state index in [1.807, 2.05) is 0 Å². The van der Waals surface area contributed by atoms with Gasteiger partial charge < -0.3 is 16.0 Å². The van der Waals surface area contributed by atoms with E-state index in [2.05, 4.69) is 22.9 Å². The lowest BCUT2D eigenvalue weighted by atomic mass is 10.1. The average molecular weight is 321 g/mol. The van der Waals surface area contributed by atoms with Gasteiger partial charge in [-0.3, -0.25) is 9.59 Å². The summed E-state index contributed by atoms with van der Waals surface area (Å²) < 4.78 is 0. The molecule has 0 saturated heterocycles. The second-order valence-corrected chi connectivity index (χ2v) is 5.35. The van der Waals surface area contributed by atoms with Gasteiger partial charge in [-0.15, -0.1) is 0 Å². The molecule has 2 amide bonds. The van der Waals surface area contributed by atoms with E-state index in [4.69, 9.17) is 12.2 Å². The van der Waals surface area contributed by atoms with E-state index in [1.165, 1.54) is 0 Å². The normalized spacial score (nSPS) is 9.91. The molecule has 0 fully saturated rings. The fourth-order valence-electron chi connectivity index (χ4n) is 1.98. The molecule has 6 heteroatoms. The Kier molecular flexibility index (Phi) is 8.14. The minimum Gasteiger partial charge on any atom is -0.355 e. The van der Waals surface area contributed by atoms with Gasteiger partial charge in [-0.05, 0) is 30.8 Å². The molecule has 0 bridgehead atoms. The van der Waals surface area contributed by atoms with Crippen LogP contribution in [-0.2, 0) is 4.79 Å². The molecule has 0 aliphatic heterocycles. The SMILES string of the molecule is CCCCCCC(=O)NC(=S)Nc1ccccc1C(=O)NC. The average Bonchev–Trinajstić information content (AvgIpc) is 2.51. The number of anilines is 1. The Balaban J connectivity index is 2.52. The summed E-state index contributed by atoms with van der Waals surface area (Å²) in [6.45, 7) is 2.13. The Labute approximate surface area is 136 Å². The number of rotatable bonds is 7. The van der Waals surface area contributed by atoms with Crippen LogP contribution >= 0.6 is 12.2 Å². The molecule has 1 aromatic rings. The number of para-hydroxylation sites is 1. The molecule has 0 saturated carbocycles. The largest absolute Gasteiger partial charge is 0.355 e. The summed E-state index contributed by atoms with van der Waals surface area (Å²) in [5.74, 6) is -0.317. The highest BCUT2D eigenvalue weighted by Gasteiger charge is 2.11. The Hall–Kier alpha value is -1.95. The van der Waals surface area contributed by atoms with Crippen LogP contribution in [-0.4, -0.2) is 24.0 Å². The van der Waals surface area contributed by atoms with Gasteiger partial charge in [-0.2, -0.15) is 0 Å². The molecule has 0 spiro atoms. The number of nitrogens with one attached hydrogen (secondary N) is 3. The van der Waals surface area contributed by atoms with Crippen LogP contribution in [0.3, 0.4) is 0 Å². The lowest BCUT2D eigenvalue weighted by Gasteiger charge is -2.12. The molecular formula is C16H23N3O2S. The highest BCUT2D eigenvalue weighted by Crippen LogP contribution is 2.14. The Bertz CT molecular complexity index is 532. The number of carbonyl (C=O) groups is 2. The summed E-state index contributed by atoms with van der Waals surface area (Å²) >= 11 is 5.12. The maximum absolute atomic E-state index is 11.8. The minimum atomic E-state index is -0.211. The summed E-state index contributed by atoms with van der Waals surface area (Å²) in [5.41, 5.74) is 1.04. The molecule has 0 heterocycles. The van der Waals surface area contributed by atoms with Gasteiger partial charge in [0.05, 0.1) is 11.3 Å². The summed E-state index contributed by atoms with van der Waals surface area (Å²) in [6.07, 6.45) is 4.63. The van der Waals surface area contributed by atoms with Gasteiger partial charge in [-0.25, -0.2) is 0 Å². The Morgan fingerprint density at radius 2 is 1.86 bits per heavy atom. The molecule has 3 N–H and O–H groups in total. The summed E-state index contributed by atoms with van der Waals surface area (Å²) in [4.78, 5) is 23.5. The highest BCUT2D eigenvalue weighted by atomic mass is 32.1. The summed E-state index contributed by atoms with van der Waals surface area (Å²) in [6, 6.07) is 7.00. The van der Waals surface area contributed by atoms with E-state index < -0.39 is 0 Å². The quantitative estimate of drug-likeness (QED) is 0.533. The van der Waals surface area contributed by atoms with Crippen molar-refractivity contribution >= 4 is 34.8 Å². The highest BCUT2D eigenvalue weighted by molar-refractivity contribution is 7.80. The summed E-state index contributed by atoms with van der Waals surface area (Å²) in [7, 11) is 1.56. The van der Waals surface area contributed by atoms with Crippen molar-refractivity contribution in [1.29, 1.82) is 0 Å². The minimum absolute atomic E-state index is 0.106. The molecule has 120 valence electrons. The van der Waals surface area contributed by atoms with Crippen LogP contribution < -0.4 is 16.0 Å². The van der Waals surface area contributed by atoms with Gasteiger partial charge in [-0.1, -0.05) is 38.3 Å². The number of carbonyl (C=O) groups excluding carboxylic acids is 2. The van der Waals surface area contributed by atoms with Gasteiger partial charge in [0.2, 0.25) is 5.91 Å². The van der Waals surface area contributed by atoms with Crippen molar-refractivity contribution in [3.8, 4) is 0 Å². The van der Waals surface area contributed by atoms with Crippen molar-refractivity contribution in [3.05, 3.63) is 29.8 Å². The molecular weight excluding hydrogens is 298 g/mol. The van der Waals surface area contributed by atoms with E-state index in [0.717, 1.165) is 25.7 Å². The van der Waals surface area contributed by atoms with Crippen molar-refractivity contribution in [3.63, 3.8) is 0 Å². The fraction of sp³-hybridized carbons (Fsp3) is 0.438. The van der Waals surface area contributed by atoms with Crippen molar-refractivity contribution in [2.75, 3.05) is 12.4 Å². The first-order valence-electron chi connectivity index (χ1n) is 7.50. The van der Waals surface area contributed by atoms with Gasteiger partial charge >= 0.3 is 0 Å². The van der Waals surface area contributed by atoms with Crippen LogP contribution in [0.15, 0.2) is 24.3 Å². The molecule has 0 aliphatic rings. The van der Waals surface area contributed by atoms with Gasteiger partial charge in [0, 0.05) is 13.5 Å². The van der Waals surface area contributed by atoms with E-state index in [0.29, 0.717) is 17.7 Å². The zero-order chi connectivity index (χ0) is 16.4. The Morgan fingerprint density at radius 1 is 1.14 bits per heavy atom. The van der Waals surface area contributed by atoms with Crippen LogP contribution in [0.5, 0.6) is 0 Å². The van der Waals surface area contributed by atoms with Crippen molar-refractivity contribution in [1.82, 2.24) is 10.6 Å². The van der Waals surface area contributed by atoms with Crippen LogP contribution in [0.25, 0.3) is 0 Å². The summed E-state index contributed by atoms with van der Waals surface area (Å²) in [5, 5.41) is 8.31. The second kappa shape index (κ2) is 9.89. The molecule has 22 heavy (non-hydrogen) atoms. The molecule has 1 aromatic carbocycles. The van der Waals surface area contributed by atoms with E-state index in [1.54, 1.807) is 31.3 Å². The second-order valence-electron chi connectivity index (χ2n) is 4.94.